The topological polar surface area (TPSA) is 75.2 Å². The van der Waals surface area contributed by atoms with Gasteiger partial charge in [0.1, 0.15) is 5.75 Å². The smallest absolute Gasteiger partial charge is 0.450 e. The summed E-state index contributed by atoms with van der Waals surface area (Å²) in [5.74, 6) is 0.368. The van der Waals surface area contributed by atoms with Gasteiger partial charge in [-0.3, -0.25) is 4.99 Å². The largest absolute Gasteiger partial charge is 0.573 e. The van der Waals surface area contributed by atoms with Crippen molar-refractivity contribution in [2.45, 2.75) is 50.6 Å². The van der Waals surface area contributed by atoms with Crippen molar-refractivity contribution in [2.75, 3.05) is 26.7 Å². The summed E-state index contributed by atoms with van der Waals surface area (Å²) in [5.41, 5.74) is 0.533. The van der Waals surface area contributed by atoms with Crippen LogP contribution in [0.2, 0.25) is 0 Å². The fourth-order valence-corrected chi connectivity index (χ4v) is 3.66. The number of nitrogens with zero attached hydrogens (tertiary/aromatic N) is 2. The Morgan fingerprint density at radius 3 is 2.52 bits per heavy atom. The molecule has 2 aliphatic rings. The number of guanidine groups is 1. The molecule has 174 valence electrons. The van der Waals surface area contributed by atoms with E-state index in [1.165, 1.54) is 12.1 Å². The van der Waals surface area contributed by atoms with Gasteiger partial charge in [-0.25, -0.2) is 4.79 Å². The molecule has 2 fully saturated rings. The molecule has 11 heteroatoms. The molecule has 2 unspecified atom stereocenters. The third kappa shape index (κ3) is 7.32. The number of amides is 1. The normalized spacial score (nSPS) is 21.7. The lowest BCUT2D eigenvalue weighted by Crippen LogP contribution is -2.50. The second kappa shape index (κ2) is 11.1. The summed E-state index contributed by atoms with van der Waals surface area (Å²) < 4.78 is 47.1. The summed E-state index contributed by atoms with van der Waals surface area (Å²) in [6.07, 6.45) is -2.80. The van der Waals surface area contributed by atoms with E-state index in [9.17, 15) is 18.0 Å². The van der Waals surface area contributed by atoms with Crippen LogP contribution < -0.4 is 15.4 Å². The van der Waals surface area contributed by atoms with Crippen LogP contribution in [0, 0.1) is 0 Å². The van der Waals surface area contributed by atoms with Crippen molar-refractivity contribution in [3.05, 3.63) is 29.8 Å². The molecule has 1 aromatic carbocycles. The molecule has 0 bridgehead atoms. The number of para-hydroxylation sites is 1. The number of nitrogens with one attached hydrogen (secondary N) is 2. The average Bonchev–Trinajstić information content (AvgIpc) is 3.46. The zero-order valence-electron chi connectivity index (χ0n) is 17.4. The Bertz CT molecular complexity index is 770. The Morgan fingerprint density at radius 2 is 1.90 bits per heavy atom. The number of ether oxygens (including phenoxy) is 2. The molecule has 1 heterocycles. The molecule has 0 aromatic heterocycles. The minimum atomic E-state index is -4.72. The van der Waals surface area contributed by atoms with Crippen LogP contribution in [0.1, 0.15) is 37.7 Å². The number of alkyl halides is 3. The molecule has 1 aromatic rings. The highest BCUT2D eigenvalue weighted by atomic mass is 127. The number of halogens is 4. The van der Waals surface area contributed by atoms with E-state index in [1.807, 2.05) is 0 Å². The van der Waals surface area contributed by atoms with Crippen molar-refractivity contribution >= 4 is 36.0 Å². The molecule has 1 saturated carbocycles. The van der Waals surface area contributed by atoms with Gasteiger partial charge in [0, 0.05) is 38.1 Å². The van der Waals surface area contributed by atoms with Gasteiger partial charge in [0.25, 0.3) is 0 Å². The first kappa shape index (κ1) is 25.3. The molecular weight excluding hydrogens is 528 g/mol. The number of hydrogen-bond acceptors (Lipinski definition) is 4. The Labute approximate surface area is 196 Å². The van der Waals surface area contributed by atoms with Gasteiger partial charge in [-0.05, 0) is 37.8 Å². The summed E-state index contributed by atoms with van der Waals surface area (Å²) in [4.78, 5) is 17.7. The lowest BCUT2D eigenvalue weighted by Gasteiger charge is -2.32. The Hall–Kier alpha value is -1.92. The number of likely N-dealkylation sites (tertiary alicyclic amines) is 1. The van der Waals surface area contributed by atoms with Crippen molar-refractivity contribution in [1.82, 2.24) is 15.5 Å². The van der Waals surface area contributed by atoms with Gasteiger partial charge in [0.05, 0.1) is 6.61 Å². The molecule has 3 rings (SSSR count). The van der Waals surface area contributed by atoms with Gasteiger partial charge in [0.15, 0.2) is 5.96 Å². The van der Waals surface area contributed by atoms with Crippen LogP contribution in [0.5, 0.6) is 5.75 Å². The van der Waals surface area contributed by atoms with E-state index in [2.05, 4.69) is 20.4 Å². The highest BCUT2D eigenvalue weighted by Gasteiger charge is 2.42. The molecular formula is C20H28F3IN4O3. The molecule has 1 aliphatic carbocycles. The van der Waals surface area contributed by atoms with E-state index in [-0.39, 0.29) is 53.8 Å². The highest BCUT2D eigenvalue weighted by Crippen LogP contribution is 2.45. The van der Waals surface area contributed by atoms with E-state index in [0.717, 1.165) is 12.8 Å². The fraction of sp³-hybridized carbons (Fsp3) is 0.600. The lowest BCUT2D eigenvalue weighted by molar-refractivity contribution is -0.274. The van der Waals surface area contributed by atoms with Gasteiger partial charge >= 0.3 is 12.5 Å². The summed E-state index contributed by atoms with van der Waals surface area (Å²) in [7, 11) is 1.65. The minimum absolute atomic E-state index is 0. The predicted octanol–water partition coefficient (Wildman–Crippen LogP) is 3.85. The number of piperidine rings is 1. The number of carbonyl (C=O) groups is 1. The minimum Gasteiger partial charge on any atom is -0.450 e. The molecule has 2 atom stereocenters. The van der Waals surface area contributed by atoms with E-state index < -0.39 is 6.36 Å². The first-order chi connectivity index (χ1) is 14.3. The van der Waals surface area contributed by atoms with Crippen molar-refractivity contribution in [2.24, 2.45) is 4.99 Å². The third-order valence-corrected chi connectivity index (χ3v) is 5.24. The maximum Gasteiger partial charge on any atom is 0.573 e. The van der Waals surface area contributed by atoms with E-state index in [0.29, 0.717) is 37.6 Å². The van der Waals surface area contributed by atoms with Crippen LogP contribution in [-0.2, 0) is 4.74 Å². The number of hydrogen-bond donors (Lipinski definition) is 2. The van der Waals surface area contributed by atoms with Crippen molar-refractivity contribution in [1.29, 1.82) is 0 Å². The van der Waals surface area contributed by atoms with Gasteiger partial charge in [-0.15, -0.1) is 37.1 Å². The van der Waals surface area contributed by atoms with Crippen LogP contribution in [0.15, 0.2) is 29.3 Å². The monoisotopic (exact) mass is 556 g/mol. The number of rotatable bonds is 5. The maximum atomic E-state index is 12.6. The number of aliphatic imine (C=N–C) groups is 1. The van der Waals surface area contributed by atoms with Crippen LogP contribution in [0.25, 0.3) is 0 Å². The Morgan fingerprint density at radius 1 is 1.23 bits per heavy atom. The predicted molar refractivity (Wildman–Crippen MR) is 121 cm³/mol. The highest BCUT2D eigenvalue weighted by molar-refractivity contribution is 14.0. The molecule has 31 heavy (non-hydrogen) atoms. The second-order valence-corrected chi connectivity index (χ2v) is 7.36. The average molecular weight is 556 g/mol. The zero-order chi connectivity index (χ0) is 21.7. The quantitative estimate of drug-likeness (QED) is 0.328. The van der Waals surface area contributed by atoms with E-state index >= 15 is 0 Å². The van der Waals surface area contributed by atoms with Gasteiger partial charge in [0.2, 0.25) is 0 Å². The van der Waals surface area contributed by atoms with Crippen LogP contribution >= 0.6 is 24.0 Å². The molecule has 2 N–H and O–H groups in total. The zero-order valence-corrected chi connectivity index (χ0v) is 19.8. The lowest BCUT2D eigenvalue weighted by atomic mass is 10.1. The Balaban J connectivity index is 0.00000341. The molecule has 1 saturated heterocycles. The molecule has 0 radical (unpaired) electrons. The fourth-order valence-electron chi connectivity index (χ4n) is 3.66. The van der Waals surface area contributed by atoms with Gasteiger partial charge < -0.3 is 25.0 Å². The first-order valence-electron chi connectivity index (χ1n) is 10.1. The first-order valence-corrected chi connectivity index (χ1v) is 10.1. The van der Waals surface area contributed by atoms with Gasteiger partial charge in [-0.2, -0.15) is 0 Å². The van der Waals surface area contributed by atoms with Crippen LogP contribution in [-0.4, -0.2) is 62.1 Å². The standard InChI is InChI=1S/C20H27F3N4O3.HI/c1-3-29-19(28)27-10-8-13(9-11-27)25-18(24-2)26-16-12-15(16)14-6-4-5-7-17(14)30-20(21,22)23;/h4-7,13,15-16H,3,8-12H2,1-2H3,(H2,24,25,26);1H. The summed E-state index contributed by atoms with van der Waals surface area (Å²) in [5, 5.41) is 6.62. The molecule has 1 amide bonds. The maximum absolute atomic E-state index is 12.6. The summed E-state index contributed by atoms with van der Waals surface area (Å²) in [6.45, 7) is 3.33. The van der Waals surface area contributed by atoms with Crippen LogP contribution in [0.3, 0.4) is 0 Å². The number of benzene rings is 1. The molecule has 7 nitrogen and oxygen atoms in total. The summed E-state index contributed by atoms with van der Waals surface area (Å²) >= 11 is 0. The molecule has 0 spiro atoms. The second-order valence-electron chi connectivity index (χ2n) is 7.36. The SMILES string of the molecule is CCOC(=O)N1CCC(NC(=NC)NC2CC2c2ccccc2OC(F)(F)F)CC1.I. The van der Waals surface area contributed by atoms with Crippen molar-refractivity contribution in [3.63, 3.8) is 0 Å². The van der Waals surface area contributed by atoms with E-state index in [4.69, 9.17) is 4.74 Å². The molecule has 1 aliphatic heterocycles. The Kier molecular flexibility index (Phi) is 9.07. The third-order valence-electron chi connectivity index (χ3n) is 5.24. The number of carbonyl (C=O) groups excluding carboxylic acids is 1. The van der Waals surface area contributed by atoms with Crippen molar-refractivity contribution in [3.8, 4) is 5.75 Å². The van der Waals surface area contributed by atoms with Crippen LogP contribution in [0.4, 0.5) is 18.0 Å². The van der Waals surface area contributed by atoms with Gasteiger partial charge in [-0.1, -0.05) is 18.2 Å². The van der Waals surface area contributed by atoms with E-state index in [1.54, 1.807) is 31.0 Å². The summed E-state index contributed by atoms with van der Waals surface area (Å²) in [6, 6.07) is 6.36. The van der Waals surface area contributed by atoms with Crippen molar-refractivity contribution < 1.29 is 27.4 Å².